The van der Waals surface area contributed by atoms with Crippen LogP contribution in [0.5, 0.6) is 0 Å². The number of carboxylic acid groups (broad SMARTS) is 1. The molecule has 0 bridgehead atoms. The summed E-state index contributed by atoms with van der Waals surface area (Å²) in [6.07, 6.45) is -4.02. The van der Waals surface area contributed by atoms with Gasteiger partial charge in [0.25, 0.3) is 0 Å². The summed E-state index contributed by atoms with van der Waals surface area (Å²) in [4.78, 5) is 22.8. The lowest BCUT2D eigenvalue weighted by Crippen LogP contribution is -2.18. The Kier molecular flexibility index (Phi) is 3.47. The van der Waals surface area contributed by atoms with Gasteiger partial charge in [0.05, 0.1) is 11.1 Å². The molecule has 1 fully saturated rings. The number of hydrogen-bond acceptors (Lipinski definition) is 2. The molecule has 1 unspecified atom stereocenters. The van der Waals surface area contributed by atoms with Crippen LogP contribution in [-0.4, -0.2) is 17.0 Å². The Hall–Kier alpha value is -2.05. The normalized spacial score (nSPS) is 20.0. The van der Waals surface area contributed by atoms with Crippen LogP contribution in [0.25, 0.3) is 0 Å². The Balaban J connectivity index is 2.28. The van der Waals surface area contributed by atoms with E-state index in [2.05, 4.69) is 5.32 Å². The number of alkyl halides is 3. The number of benzene rings is 1. The van der Waals surface area contributed by atoms with Crippen molar-refractivity contribution in [2.75, 3.05) is 5.32 Å². The van der Waals surface area contributed by atoms with Crippen molar-refractivity contribution < 1.29 is 27.9 Å². The Bertz CT molecular complexity index is 608. The van der Waals surface area contributed by atoms with Crippen molar-refractivity contribution in [3.8, 4) is 0 Å². The van der Waals surface area contributed by atoms with Crippen LogP contribution in [0.15, 0.2) is 18.2 Å². The fourth-order valence-corrected chi connectivity index (χ4v) is 2.13. The smallest absolute Gasteiger partial charge is 0.416 e. The molecule has 0 spiro atoms. The number of anilines is 1. The van der Waals surface area contributed by atoms with Crippen LogP contribution < -0.4 is 5.32 Å². The van der Waals surface area contributed by atoms with Crippen LogP contribution in [-0.2, 0) is 11.0 Å². The lowest BCUT2D eigenvalue weighted by atomic mass is 10.1. The van der Waals surface area contributed by atoms with Crippen molar-refractivity contribution in [3.05, 3.63) is 29.3 Å². The summed E-state index contributed by atoms with van der Waals surface area (Å²) in [6.45, 7) is 3.76. The highest BCUT2D eigenvalue weighted by atomic mass is 19.4. The highest BCUT2D eigenvalue weighted by molar-refractivity contribution is 5.97. The van der Waals surface area contributed by atoms with Crippen LogP contribution in [0.2, 0.25) is 0 Å². The highest BCUT2D eigenvalue weighted by Gasteiger charge is 2.50. The largest absolute Gasteiger partial charge is 0.478 e. The molecule has 1 saturated carbocycles. The molecule has 0 aliphatic heterocycles. The molecule has 1 atom stereocenters. The van der Waals surface area contributed by atoms with Gasteiger partial charge >= 0.3 is 12.1 Å². The van der Waals surface area contributed by atoms with Crippen molar-refractivity contribution in [2.24, 2.45) is 11.3 Å². The minimum absolute atomic E-state index is 0.157. The molecule has 1 aliphatic rings. The number of carbonyl (C=O) groups excluding carboxylic acids is 1. The maximum atomic E-state index is 12.7. The molecule has 0 radical (unpaired) electrons. The van der Waals surface area contributed by atoms with Crippen LogP contribution in [0.4, 0.5) is 18.9 Å². The van der Waals surface area contributed by atoms with Gasteiger partial charge in [-0.2, -0.15) is 13.2 Å². The monoisotopic (exact) mass is 301 g/mol. The topological polar surface area (TPSA) is 66.4 Å². The van der Waals surface area contributed by atoms with Gasteiger partial charge in [-0.05, 0) is 30.0 Å². The van der Waals surface area contributed by atoms with Crippen LogP contribution in [0.1, 0.15) is 36.2 Å². The molecule has 1 amide bonds. The quantitative estimate of drug-likeness (QED) is 0.899. The van der Waals surface area contributed by atoms with Gasteiger partial charge in [-0.3, -0.25) is 4.79 Å². The van der Waals surface area contributed by atoms with E-state index in [0.717, 1.165) is 12.1 Å². The summed E-state index contributed by atoms with van der Waals surface area (Å²) < 4.78 is 38.2. The molecule has 0 aromatic heterocycles. The molecular formula is C14H14F3NO3. The Morgan fingerprint density at radius 1 is 1.29 bits per heavy atom. The molecule has 1 aromatic carbocycles. The standard InChI is InChI=1S/C14H14F3NO3/c1-13(2)6-10(13)11(19)18-9-4-7(12(20)21)3-8(5-9)14(15,16)17/h3-5,10H,6H2,1-2H3,(H,18,19)(H,20,21). The molecule has 1 aromatic rings. The first-order valence-corrected chi connectivity index (χ1v) is 6.27. The minimum Gasteiger partial charge on any atom is -0.478 e. The van der Waals surface area contributed by atoms with Crippen molar-refractivity contribution in [1.29, 1.82) is 0 Å². The highest BCUT2D eigenvalue weighted by Crippen LogP contribution is 2.52. The van der Waals surface area contributed by atoms with Gasteiger partial charge in [-0.25, -0.2) is 4.79 Å². The second-order valence-corrected chi connectivity index (χ2v) is 5.84. The van der Waals surface area contributed by atoms with E-state index in [1.54, 1.807) is 0 Å². The first-order valence-electron chi connectivity index (χ1n) is 6.27. The third-order valence-corrected chi connectivity index (χ3v) is 3.60. The van der Waals surface area contributed by atoms with Crippen LogP contribution in [0, 0.1) is 11.3 Å². The van der Waals surface area contributed by atoms with E-state index in [1.165, 1.54) is 0 Å². The van der Waals surface area contributed by atoms with Crippen molar-refractivity contribution in [2.45, 2.75) is 26.4 Å². The number of hydrogen-bond donors (Lipinski definition) is 2. The van der Waals surface area contributed by atoms with E-state index in [9.17, 15) is 22.8 Å². The zero-order valence-electron chi connectivity index (χ0n) is 11.4. The summed E-state index contributed by atoms with van der Waals surface area (Å²) in [5.74, 6) is -2.14. The summed E-state index contributed by atoms with van der Waals surface area (Å²) in [6, 6.07) is 2.30. The average molecular weight is 301 g/mol. The van der Waals surface area contributed by atoms with Gasteiger partial charge in [-0.15, -0.1) is 0 Å². The summed E-state index contributed by atoms with van der Waals surface area (Å²) in [5.41, 5.74) is -1.95. The molecule has 4 nitrogen and oxygen atoms in total. The molecule has 2 N–H and O–H groups in total. The van der Waals surface area contributed by atoms with Gasteiger partial charge in [0, 0.05) is 11.6 Å². The third kappa shape index (κ3) is 3.34. The van der Waals surface area contributed by atoms with Gasteiger partial charge in [0.15, 0.2) is 0 Å². The molecular weight excluding hydrogens is 287 g/mol. The fourth-order valence-electron chi connectivity index (χ4n) is 2.13. The van der Waals surface area contributed by atoms with Crippen LogP contribution in [0.3, 0.4) is 0 Å². The molecule has 7 heteroatoms. The van der Waals surface area contributed by atoms with E-state index in [0.29, 0.717) is 12.5 Å². The number of amides is 1. The zero-order valence-corrected chi connectivity index (χ0v) is 11.4. The predicted molar refractivity (Wildman–Crippen MR) is 68.9 cm³/mol. The Labute approximate surface area is 119 Å². The molecule has 0 heterocycles. The maximum absolute atomic E-state index is 12.7. The van der Waals surface area contributed by atoms with Crippen LogP contribution >= 0.6 is 0 Å². The van der Waals surface area contributed by atoms with Crippen molar-refractivity contribution in [3.63, 3.8) is 0 Å². The van der Waals surface area contributed by atoms with Gasteiger partial charge in [0.2, 0.25) is 5.91 Å². The molecule has 1 aliphatic carbocycles. The molecule has 0 saturated heterocycles. The SMILES string of the molecule is CC1(C)CC1C(=O)Nc1cc(C(=O)O)cc(C(F)(F)F)c1. The third-order valence-electron chi connectivity index (χ3n) is 3.60. The molecule has 114 valence electrons. The van der Waals surface area contributed by atoms with E-state index >= 15 is 0 Å². The zero-order chi connectivity index (χ0) is 16.0. The minimum atomic E-state index is -4.68. The fraction of sp³-hybridized carbons (Fsp3) is 0.429. The van der Waals surface area contributed by atoms with E-state index < -0.39 is 29.2 Å². The van der Waals surface area contributed by atoms with Crippen molar-refractivity contribution in [1.82, 2.24) is 0 Å². The number of carbonyl (C=O) groups is 2. The van der Waals surface area contributed by atoms with Gasteiger partial charge in [0.1, 0.15) is 0 Å². The first kappa shape index (κ1) is 15.3. The summed E-state index contributed by atoms with van der Waals surface area (Å²) >= 11 is 0. The van der Waals surface area contributed by atoms with E-state index in [-0.39, 0.29) is 17.0 Å². The lowest BCUT2D eigenvalue weighted by Gasteiger charge is -2.12. The van der Waals surface area contributed by atoms with Gasteiger partial charge < -0.3 is 10.4 Å². The lowest BCUT2D eigenvalue weighted by molar-refractivity contribution is -0.137. The number of nitrogens with one attached hydrogen (secondary N) is 1. The number of carboxylic acids is 1. The van der Waals surface area contributed by atoms with Crippen molar-refractivity contribution >= 4 is 17.6 Å². The van der Waals surface area contributed by atoms with E-state index in [4.69, 9.17) is 5.11 Å². The Morgan fingerprint density at radius 2 is 1.86 bits per heavy atom. The summed E-state index contributed by atoms with van der Waals surface area (Å²) in [7, 11) is 0. The predicted octanol–water partition coefficient (Wildman–Crippen LogP) is 3.39. The molecule has 2 rings (SSSR count). The second kappa shape index (κ2) is 4.75. The Morgan fingerprint density at radius 3 is 2.29 bits per heavy atom. The number of rotatable bonds is 3. The number of aromatic carboxylic acids is 1. The maximum Gasteiger partial charge on any atom is 0.416 e. The van der Waals surface area contributed by atoms with Gasteiger partial charge in [-0.1, -0.05) is 13.8 Å². The first-order chi connectivity index (χ1) is 9.50. The van der Waals surface area contributed by atoms with E-state index in [1.807, 2.05) is 13.8 Å². The summed E-state index contributed by atoms with van der Waals surface area (Å²) in [5, 5.41) is 11.2. The number of halogens is 3. The second-order valence-electron chi connectivity index (χ2n) is 5.84. The average Bonchev–Trinajstić information content (AvgIpc) is 2.97. The molecule has 21 heavy (non-hydrogen) atoms.